The van der Waals surface area contributed by atoms with Crippen LogP contribution in [0.2, 0.25) is 0 Å². The second-order valence-corrected chi connectivity index (χ2v) is 6.93. The van der Waals surface area contributed by atoms with Crippen LogP contribution in [0.4, 0.5) is 11.4 Å². The Balaban J connectivity index is 1.73. The molecule has 2 aromatic rings. The predicted molar refractivity (Wildman–Crippen MR) is 98.9 cm³/mol. The first-order chi connectivity index (χ1) is 11.5. The van der Waals surface area contributed by atoms with Gasteiger partial charge in [-0.25, -0.2) is 0 Å². The van der Waals surface area contributed by atoms with Gasteiger partial charge in [-0.3, -0.25) is 9.59 Å². The Labute approximate surface area is 149 Å². The van der Waals surface area contributed by atoms with Crippen LogP contribution in [0.5, 0.6) is 0 Å². The van der Waals surface area contributed by atoms with E-state index in [0.717, 1.165) is 22.1 Å². The number of anilines is 2. The summed E-state index contributed by atoms with van der Waals surface area (Å²) in [6.07, 6.45) is 1.98. The van der Waals surface area contributed by atoms with Crippen LogP contribution in [-0.4, -0.2) is 11.8 Å². The van der Waals surface area contributed by atoms with E-state index in [2.05, 4.69) is 26.6 Å². The van der Waals surface area contributed by atoms with Crippen LogP contribution in [0, 0.1) is 5.41 Å². The molecular weight excluding hydrogens is 368 g/mol. The fourth-order valence-electron chi connectivity index (χ4n) is 2.69. The van der Waals surface area contributed by atoms with Crippen LogP contribution < -0.4 is 10.6 Å². The smallest absolute Gasteiger partial charge is 0.240 e. The molecule has 5 heteroatoms. The van der Waals surface area contributed by atoms with E-state index in [1.165, 1.54) is 0 Å². The van der Waals surface area contributed by atoms with Crippen molar-refractivity contribution in [3.63, 3.8) is 0 Å². The van der Waals surface area contributed by atoms with Crippen molar-refractivity contribution in [3.8, 4) is 0 Å². The Bertz CT molecular complexity index is 784. The highest BCUT2D eigenvalue weighted by Gasteiger charge is 2.56. The summed E-state index contributed by atoms with van der Waals surface area (Å²) < 4.78 is 0.881. The zero-order valence-electron chi connectivity index (χ0n) is 13.4. The molecule has 3 rings (SSSR count). The molecule has 2 aromatic carbocycles. The molecule has 0 spiro atoms. The summed E-state index contributed by atoms with van der Waals surface area (Å²) in [5, 5.41) is 5.78. The number of benzene rings is 2. The van der Waals surface area contributed by atoms with Gasteiger partial charge in [0.2, 0.25) is 11.8 Å². The number of halogens is 1. The standard InChI is InChI=1S/C19H19BrN2O2/c1-2-13-6-3-4-9-16(13)22-18(24)19(10-11-19)17(23)21-15-8-5-7-14(20)12-15/h3-9,12H,2,10-11H2,1H3,(H,21,23)(H,22,24). The van der Waals surface area contributed by atoms with Gasteiger partial charge in [0, 0.05) is 15.8 Å². The minimum Gasteiger partial charge on any atom is -0.325 e. The molecule has 4 nitrogen and oxygen atoms in total. The molecule has 0 atom stereocenters. The van der Waals surface area contributed by atoms with E-state index in [9.17, 15) is 9.59 Å². The summed E-state index contributed by atoms with van der Waals surface area (Å²) in [4.78, 5) is 25.3. The Morgan fingerprint density at radius 3 is 2.42 bits per heavy atom. The predicted octanol–water partition coefficient (Wildman–Crippen LogP) is 4.37. The number of hydrogen-bond donors (Lipinski definition) is 2. The van der Waals surface area contributed by atoms with Crippen molar-refractivity contribution >= 4 is 39.1 Å². The Morgan fingerprint density at radius 2 is 1.75 bits per heavy atom. The van der Waals surface area contributed by atoms with Crippen molar-refractivity contribution in [2.24, 2.45) is 5.41 Å². The first-order valence-electron chi connectivity index (χ1n) is 8.01. The third-order valence-electron chi connectivity index (χ3n) is 4.35. The van der Waals surface area contributed by atoms with Gasteiger partial charge >= 0.3 is 0 Å². The molecule has 1 aliphatic rings. The summed E-state index contributed by atoms with van der Waals surface area (Å²) in [7, 11) is 0. The van der Waals surface area contributed by atoms with Crippen LogP contribution in [0.3, 0.4) is 0 Å². The zero-order chi connectivity index (χ0) is 17.2. The molecule has 1 aliphatic carbocycles. The van der Waals surface area contributed by atoms with E-state index in [4.69, 9.17) is 0 Å². The molecule has 0 aromatic heterocycles. The lowest BCUT2D eigenvalue weighted by Crippen LogP contribution is -2.35. The maximum absolute atomic E-state index is 12.7. The molecular formula is C19H19BrN2O2. The van der Waals surface area contributed by atoms with Crippen molar-refractivity contribution in [1.29, 1.82) is 0 Å². The number of aryl methyl sites for hydroxylation is 1. The lowest BCUT2D eigenvalue weighted by molar-refractivity contribution is -0.131. The zero-order valence-corrected chi connectivity index (χ0v) is 15.0. The largest absolute Gasteiger partial charge is 0.325 e. The average molecular weight is 387 g/mol. The van der Waals surface area contributed by atoms with E-state index < -0.39 is 5.41 Å². The topological polar surface area (TPSA) is 58.2 Å². The number of carbonyl (C=O) groups excluding carboxylic acids is 2. The summed E-state index contributed by atoms with van der Waals surface area (Å²) in [5.41, 5.74) is 1.58. The van der Waals surface area contributed by atoms with Crippen LogP contribution in [-0.2, 0) is 16.0 Å². The fourth-order valence-corrected chi connectivity index (χ4v) is 3.09. The minimum absolute atomic E-state index is 0.226. The second-order valence-electron chi connectivity index (χ2n) is 6.01. The summed E-state index contributed by atoms with van der Waals surface area (Å²) in [5.74, 6) is -0.469. The molecule has 0 heterocycles. The first-order valence-corrected chi connectivity index (χ1v) is 8.81. The quantitative estimate of drug-likeness (QED) is 0.749. The highest BCUT2D eigenvalue weighted by molar-refractivity contribution is 9.10. The summed E-state index contributed by atoms with van der Waals surface area (Å²) >= 11 is 3.38. The van der Waals surface area contributed by atoms with Gasteiger partial charge in [-0.05, 0) is 49.1 Å². The van der Waals surface area contributed by atoms with Crippen molar-refractivity contribution in [2.45, 2.75) is 26.2 Å². The lowest BCUT2D eigenvalue weighted by atomic mass is 10.0. The van der Waals surface area contributed by atoms with Crippen molar-refractivity contribution in [2.75, 3.05) is 10.6 Å². The van der Waals surface area contributed by atoms with Gasteiger partial charge in [-0.1, -0.05) is 47.1 Å². The molecule has 0 aliphatic heterocycles. The van der Waals surface area contributed by atoms with Crippen LogP contribution >= 0.6 is 15.9 Å². The molecule has 2 amide bonds. The third-order valence-corrected chi connectivity index (χ3v) is 4.84. The van der Waals surface area contributed by atoms with Crippen molar-refractivity contribution in [1.82, 2.24) is 0 Å². The minimum atomic E-state index is -0.955. The molecule has 0 radical (unpaired) electrons. The van der Waals surface area contributed by atoms with Gasteiger partial charge in [0.05, 0.1) is 0 Å². The maximum Gasteiger partial charge on any atom is 0.240 e. The van der Waals surface area contributed by atoms with Crippen molar-refractivity contribution in [3.05, 3.63) is 58.6 Å². The fraction of sp³-hybridized carbons (Fsp3) is 0.263. The molecule has 1 fully saturated rings. The summed E-state index contributed by atoms with van der Waals surface area (Å²) in [6.45, 7) is 2.04. The Hall–Kier alpha value is -2.14. The Morgan fingerprint density at radius 1 is 1.04 bits per heavy atom. The third kappa shape index (κ3) is 3.36. The van der Waals surface area contributed by atoms with Crippen LogP contribution in [0.25, 0.3) is 0 Å². The average Bonchev–Trinajstić information content (AvgIpc) is 3.37. The lowest BCUT2D eigenvalue weighted by Gasteiger charge is -2.17. The monoisotopic (exact) mass is 386 g/mol. The molecule has 24 heavy (non-hydrogen) atoms. The number of hydrogen-bond acceptors (Lipinski definition) is 2. The number of nitrogens with one attached hydrogen (secondary N) is 2. The van der Waals surface area contributed by atoms with Crippen LogP contribution in [0.15, 0.2) is 53.0 Å². The van der Waals surface area contributed by atoms with Gasteiger partial charge in [-0.15, -0.1) is 0 Å². The van der Waals surface area contributed by atoms with E-state index in [1.54, 1.807) is 0 Å². The first kappa shape index (κ1) is 16.7. The number of para-hydroxylation sites is 1. The highest BCUT2D eigenvalue weighted by Crippen LogP contribution is 2.47. The molecule has 0 unspecified atom stereocenters. The molecule has 1 saturated carbocycles. The van der Waals surface area contributed by atoms with E-state index in [1.807, 2.05) is 55.5 Å². The maximum atomic E-state index is 12.7. The summed E-state index contributed by atoms with van der Waals surface area (Å²) in [6, 6.07) is 15.0. The van der Waals surface area contributed by atoms with Gasteiger partial charge in [0.1, 0.15) is 5.41 Å². The van der Waals surface area contributed by atoms with Gasteiger partial charge in [0.15, 0.2) is 0 Å². The Kier molecular flexibility index (Phi) is 4.71. The van der Waals surface area contributed by atoms with Gasteiger partial charge in [-0.2, -0.15) is 0 Å². The van der Waals surface area contributed by atoms with E-state index >= 15 is 0 Å². The molecule has 0 bridgehead atoms. The molecule has 2 N–H and O–H groups in total. The van der Waals surface area contributed by atoms with Gasteiger partial charge < -0.3 is 10.6 Å². The second kappa shape index (κ2) is 6.77. The van der Waals surface area contributed by atoms with E-state index in [-0.39, 0.29) is 11.8 Å². The normalized spacial score (nSPS) is 14.8. The molecule has 0 saturated heterocycles. The van der Waals surface area contributed by atoms with Crippen molar-refractivity contribution < 1.29 is 9.59 Å². The molecule has 124 valence electrons. The SMILES string of the molecule is CCc1ccccc1NC(=O)C1(C(=O)Nc2cccc(Br)c2)CC1. The van der Waals surface area contributed by atoms with Crippen LogP contribution in [0.1, 0.15) is 25.3 Å². The number of rotatable bonds is 5. The number of carbonyl (C=O) groups is 2. The highest BCUT2D eigenvalue weighted by atomic mass is 79.9. The number of amides is 2. The van der Waals surface area contributed by atoms with Gasteiger partial charge in [0.25, 0.3) is 0 Å². The van der Waals surface area contributed by atoms with E-state index in [0.29, 0.717) is 18.5 Å².